The summed E-state index contributed by atoms with van der Waals surface area (Å²) in [5.74, 6) is 0.00336. The Morgan fingerprint density at radius 1 is 1.26 bits per heavy atom. The van der Waals surface area contributed by atoms with E-state index in [0.717, 1.165) is 44.3 Å². The van der Waals surface area contributed by atoms with E-state index in [0.29, 0.717) is 6.54 Å². The number of benzene rings is 1. The molecule has 1 aromatic rings. The molecule has 0 unspecified atom stereocenters. The third kappa shape index (κ3) is 2.51. The summed E-state index contributed by atoms with van der Waals surface area (Å²) in [5, 5.41) is 6.31. The summed E-state index contributed by atoms with van der Waals surface area (Å²) in [6.07, 6.45) is 3.75. The highest BCUT2D eigenvalue weighted by Crippen LogP contribution is 2.27. The average Bonchev–Trinajstić information content (AvgIpc) is 3.04. The van der Waals surface area contributed by atoms with Gasteiger partial charge in [0.05, 0.1) is 5.54 Å². The Morgan fingerprint density at radius 3 is 2.79 bits per heavy atom. The molecule has 1 heterocycles. The molecule has 4 heteroatoms. The first-order chi connectivity index (χ1) is 9.17. The van der Waals surface area contributed by atoms with Gasteiger partial charge in [-0.1, -0.05) is 31.0 Å². The molecule has 0 atom stereocenters. The normalized spacial score (nSPS) is 20.3. The Balaban J connectivity index is 1.61. The Hall–Kier alpha value is -1.39. The van der Waals surface area contributed by atoms with Crippen LogP contribution in [0.2, 0.25) is 0 Å². The quantitative estimate of drug-likeness (QED) is 0.763. The van der Waals surface area contributed by atoms with Gasteiger partial charge in [0.25, 0.3) is 0 Å². The summed E-state index contributed by atoms with van der Waals surface area (Å²) in [6.45, 7) is 2.46. The molecule has 1 saturated carbocycles. The van der Waals surface area contributed by atoms with Gasteiger partial charge in [0.15, 0.2) is 0 Å². The minimum atomic E-state index is -0.627. The smallest absolute Gasteiger partial charge is 0.240 e. The minimum absolute atomic E-state index is 0.00336. The molecule has 0 radical (unpaired) electrons. The number of fused-ring (bicyclic) bond motifs is 1. The van der Waals surface area contributed by atoms with Crippen molar-refractivity contribution in [3.8, 4) is 0 Å². The van der Waals surface area contributed by atoms with Gasteiger partial charge < -0.3 is 16.4 Å². The molecule has 0 saturated heterocycles. The molecule has 1 aliphatic carbocycles. The zero-order chi connectivity index (χ0) is 13.3. The lowest BCUT2D eigenvalue weighted by molar-refractivity contribution is -0.126. The summed E-state index contributed by atoms with van der Waals surface area (Å²) in [6, 6.07) is 6.40. The molecule has 4 nitrogen and oxygen atoms in total. The fourth-order valence-corrected chi connectivity index (χ4v) is 3.05. The molecule has 0 spiro atoms. The molecule has 3 rings (SSSR count). The molecule has 2 aliphatic rings. The van der Waals surface area contributed by atoms with Crippen molar-refractivity contribution in [2.45, 2.75) is 50.9 Å². The third-order valence-corrected chi connectivity index (χ3v) is 4.30. The SMILES string of the molecule is NC1(C(=O)NCc2ccc3c(c2)CNC3)CCCC1. The van der Waals surface area contributed by atoms with Crippen LogP contribution in [0, 0.1) is 0 Å². The molecule has 1 amide bonds. The van der Waals surface area contributed by atoms with Crippen LogP contribution < -0.4 is 16.4 Å². The zero-order valence-corrected chi connectivity index (χ0v) is 11.2. The third-order valence-electron chi connectivity index (χ3n) is 4.30. The van der Waals surface area contributed by atoms with Gasteiger partial charge in [-0.15, -0.1) is 0 Å². The number of amides is 1. The highest BCUT2D eigenvalue weighted by Gasteiger charge is 2.36. The fraction of sp³-hybridized carbons (Fsp3) is 0.533. The average molecular weight is 259 g/mol. The van der Waals surface area contributed by atoms with Crippen molar-refractivity contribution in [1.82, 2.24) is 10.6 Å². The van der Waals surface area contributed by atoms with Gasteiger partial charge in [-0.05, 0) is 29.5 Å². The Bertz CT molecular complexity index is 492. The second-order valence-corrected chi connectivity index (χ2v) is 5.75. The number of carbonyl (C=O) groups excluding carboxylic acids is 1. The van der Waals surface area contributed by atoms with E-state index < -0.39 is 5.54 Å². The van der Waals surface area contributed by atoms with Gasteiger partial charge in [-0.2, -0.15) is 0 Å². The Morgan fingerprint density at radius 2 is 2.00 bits per heavy atom. The molecule has 1 aromatic carbocycles. The van der Waals surface area contributed by atoms with Crippen molar-refractivity contribution in [3.05, 3.63) is 34.9 Å². The molecule has 0 aromatic heterocycles. The van der Waals surface area contributed by atoms with E-state index in [1.54, 1.807) is 0 Å². The monoisotopic (exact) mass is 259 g/mol. The van der Waals surface area contributed by atoms with Crippen molar-refractivity contribution >= 4 is 5.91 Å². The van der Waals surface area contributed by atoms with E-state index in [-0.39, 0.29) is 5.91 Å². The van der Waals surface area contributed by atoms with E-state index in [2.05, 4.69) is 28.8 Å². The van der Waals surface area contributed by atoms with Crippen LogP contribution in [0.4, 0.5) is 0 Å². The van der Waals surface area contributed by atoms with Crippen molar-refractivity contribution in [2.75, 3.05) is 0 Å². The maximum Gasteiger partial charge on any atom is 0.240 e. The predicted molar refractivity (Wildman–Crippen MR) is 74.2 cm³/mol. The first kappa shape index (κ1) is 12.6. The maximum atomic E-state index is 12.1. The molecule has 0 bridgehead atoms. The van der Waals surface area contributed by atoms with Crippen LogP contribution in [0.5, 0.6) is 0 Å². The highest BCUT2D eigenvalue weighted by molar-refractivity contribution is 5.86. The first-order valence-corrected chi connectivity index (χ1v) is 7.06. The lowest BCUT2D eigenvalue weighted by Crippen LogP contribution is -2.51. The van der Waals surface area contributed by atoms with E-state index in [4.69, 9.17) is 5.73 Å². The second kappa shape index (κ2) is 4.94. The molecule has 19 heavy (non-hydrogen) atoms. The molecular formula is C15H21N3O. The van der Waals surface area contributed by atoms with Gasteiger partial charge in [-0.3, -0.25) is 4.79 Å². The summed E-state index contributed by atoms with van der Waals surface area (Å²) < 4.78 is 0. The summed E-state index contributed by atoms with van der Waals surface area (Å²) in [4.78, 5) is 12.1. The molecule has 1 fully saturated rings. The van der Waals surface area contributed by atoms with E-state index in [1.165, 1.54) is 11.1 Å². The van der Waals surface area contributed by atoms with E-state index in [9.17, 15) is 4.79 Å². The van der Waals surface area contributed by atoms with Crippen LogP contribution in [0.1, 0.15) is 42.4 Å². The number of rotatable bonds is 3. The minimum Gasteiger partial charge on any atom is -0.350 e. The van der Waals surface area contributed by atoms with Gasteiger partial charge >= 0.3 is 0 Å². The van der Waals surface area contributed by atoms with Crippen molar-refractivity contribution in [2.24, 2.45) is 5.73 Å². The second-order valence-electron chi connectivity index (χ2n) is 5.75. The standard InChI is InChI=1S/C15H21N3O/c16-15(5-1-2-6-15)14(19)18-8-11-3-4-12-9-17-10-13(12)7-11/h3-4,7,17H,1-2,5-6,8-10,16H2,(H,18,19). The highest BCUT2D eigenvalue weighted by atomic mass is 16.2. The van der Waals surface area contributed by atoms with Gasteiger partial charge in [-0.25, -0.2) is 0 Å². The largest absolute Gasteiger partial charge is 0.350 e. The van der Waals surface area contributed by atoms with Crippen LogP contribution in [-0.4, -0.2) is 11.4 Å². The summed E-state index contributed by atoms with van der Waals surface area (Å²) >= 11 is 0. The zero-order valence-electron chi connectivity index (χ0n) is 11.2. The van der Waals surface area contributed by atoms with Crippen molar-refractivity contribution < 1.29 is 4.79 Å². The van der Waals surface area contributed by atoms with Crippen LogP contribution in [0.25, 0.3) is 0 Å². The van der Waals surface area contributed by atoms with Gasteiger partial charge in [0.1, 0.15) is 0 Å². The maximum absolute atomic E-state index is 12.1. The van der Waals surface area contributed by atoms with Crippen LogP contribution in [-0.2, 0) is 24.4 Å². The lowest BCUT2D eigenvalue weighted by atomic mass is 9.98. The van der Waals surface area contributed by atoms with E-state index in [1.807, 2.05) is 0 Å². The topological polar surface area (TPSA) is 67.2 Å². The fourth-order valence-electron chi connectivity index (χ4n) is 3.05. The van der Waals surface area contributed by atoms with Crippen molar-refractivity contribution in [1.29, 1.82) is 0 Å². The molecular weight excluding hydrogens is 238 g/mol. The van der Waals surface area contributed by atoms with Crippen LogP contribution in [0.3, 0.4) is 0 Å². The lowest BCUT2D eigenvalue weighted by Gasteiger charge is -2.22. The number of hydrogen-bond acceptors (Lipinski definition) is 3. The van der Waals surface area contributed by atoms with Gasteiger partial charge in [0, 0.05) is 19.6 Å². The van der Waals surface area contributed by atoms with Crippen LogP contribution in [0.15, 0.2) is 18.2 Å². The molecule has 4 N–H and O–H groups in total. The number of nitrogens with two attached hydrogens (primary N) is 1. The number of carbonyl (C=O) groups is 1. The number of nitrogens with one attached hydrogen (secondary N) is 2. The Labute approximate surface area is 113 Å². The predicted octanol–water partition coefficient (Wildman–Crippen LogP) is 1.18. The Kier molecular flexibility index (Phi) is 3.29. The molecule has 102 valence electrons. The molecule has 1 aliphatic heterocycles. The summed E-state index contributed by atoms with van der Waals surface area (Å²) in [5.41, 5.74) is 9.36. The number of hydrogen-bond donors (Lipinski definition) is 3. The first-order valence-electron chi connectivity index (χ1n) is 7.06. The van der Waals surface area contributed by atoms with Gasteiger partial charge in [0.2, 0.25) is 5.91 Å². The van der Waals surface area contributed by atoms with Crippen molar-refractivity contribution in [3.63, 3.8) is 0 Å². The van der Waals surface area contributed by atoms with Crippen LogP contribution >= 0.6 is 0 Å². The van der Waals surface area contributed by atoms with E-state index >= 15 is 0 Å². The summed E-state index contributed by atoms with van der Waals surface area (Å²) in [7, 11) is 0.